The molecule has 78 valence electrons. The average Bonchev–Trinajstić information content (AvgIpc) is 2.19. The van der Waals surface area contributed by atoms with E-state index < -0.39 is 11.9 Å². The van der Waals surface area contributed by atoms with E-state index in [2.05, 4.69) is 27.2 Å². The molecular weight excluding hydrogens is 385 g/mol. The van der Waals surface area contributed by atoms with Gasteiger partial charge < -0.3 is 10.2 Å². The molecule has 4 nitrogen and oxygen atoms in total. The summed E-state index contributed by atoms with van der Waals surface area (Å²) in [4.78, 5) is 20.7. The van der Waals surface area contributed by atoms with Crippen molar-refractivity contribution in [2.45, 2.75) is 0 Å². The molecule has 0 aliphatic rings. The maximum absolute atomic E-state index is 10.3. The number of carboxylic acids is 2. The van der Waals surface area contributed by atoms with E-state index in [1.54, 1.807) is 0 Å². The van der Waals surface area contributed by atoms with Gasteiger partial charge in [-0.1, -0.05) is 0 Å². The van der Waals surface area contributed by atoms with Crippen molar-refractivity contribution in [3.8, 4) is 0 Å². The number of hydrogen-bond donors (Lipinski definition) is 2. The molecule has 0 amide bonds. The third kappa shape index (κ3) is 6.02. The van der Waals surface area contributed by atoms with Crippen molar-refractivity contribution in [3.63, 3.8) is 0 Å². The molecule has 0 atom stereocenters. The number of aromatic carboxylic acids is 2. The predicted molar refractivity (Wildman–Crippen MR) is 58.2 cm³/mol. The molecule has 1 aromatic carbocycles. The quantitative estimate of drug-likeness (QED) is 0.761. The van der Waals surface area contributed by atoms with Crippen LogP contribution in [0.2, 0.25) is 0 Å². The van der Waals surface area contributed by atoms with E-state index in [0.29, 0.717) is 0 Å². The van der Waals surface area contributed by atoms with E-state index in [1.165, 1.54) is 24.3 Å². The van der Waals surface area contributed by atoms with Crippen molar-refractivity contribution < 1.29 is 33.0 Å². The van der Waals surface area contributed by atoms with Gasteiger partial charge in [-0.25, -0.2) is 9.59 Å². The Morgan fingerprint density at radius 1 is 0.933 bits per heavy atom. The van der Waals surface area contributed by atoms with Crippen LogP contribution in [0.1, 0.15) is 20.7 Å². The summed E-state index contributed by atoms with van der Waals surface area (Å²) in [5.41, 5.74) is 0.167. The number of halogens is 2. The first-order valence-electron chi connectivity index (χ1n) is 3.71. The fraction of sp³-hybridized carbons (Fsp3) is 0. The summed E-state index contributed by atoms with van der Waals surface area (Å²) in [6, 6.07) is 5.02. The van der Waals surface area contributed by atoms with Crippen LogP contribution in [0, 0.1) is 0 Å². The second kappa shape index (κ2) is 7.96. The first-order valence-corrected chi connectivity index (χ1v) is 17.6. The van der Waals surface area contributed by atoms with Crippen LogP contribution in [0.4, 0.5) is 0 Å². The van der Waals surface area contributed by atoms with E-state index in [1.807, 2.05) is 0 Å². The van der Waals surface area contributed by atoms with Gasteiger partial charge in [-0.2, -0.15) is 0 Å². The summed E-state index contributed by atoms with van der Waals surface area (Å²) >= 11 is 6.25. The monoisotopic (exact) mass is 388 g/mol. The SMILES string of the molecule is O=C(O)c1ccc(C(=O)O)cc1.[Br][Zn][Br]. The van der Waals surface area contributed by atoms with Crippen LogP contribution in [0.25, 0.3) is 0 Å². The minimum atomic E-state index is -1.06. The summed E-state index contributed by atoms with van der Waals surface area (Å²) in [6.45, 7) is 0. The Hall–Kier alpha value is -0.257. The molecule has 0 aromatic heterocycles. The average molecular weight is 391 g/mol. The standard InChI is InChI=1S/C8H6O4.2BrH.Zn/c9-7(10)5-1-2-6(4-3-5)8(11)12;;;/h1-4H,(H,9,10)(H,11,12);2*1H;/q;;;+2/p-2. The topological polar surface area (TPSA) is 74.6 Å². The van der Waals surface area contributed by atoms with Gasteiger partial charge in [-0.3, -0.25) is 0 Å². The van der Waals surface area contributed by atoms with Gasteiger partial charge in [0, 0.05) is 0 Å². The van der Waals surface area contributed by atoms with Crippen molar-refractivity contribution in [2.75, 3.05) is 0 Å². The number of hydrogen-bond acceptors (Lipinski definition) is 2. The fourth-order valence-corrected chi connectivity index (χ4v) is 0.755. The summed E-state index contributed by atoms with van der Waals surface area (Å²) in [7, 11) is 0. The van der Waals surface area contributed by atoms with Crippen LogP contribution >= 0.6 is 27.2 Å². The fourth-order valence-electron chi connectivity index (χ4n) is 0.755. The van der Waals surface area contributed by atoms with Gasteiger partial charge in [0.1, 0.15) is 0 Å². The number of rotatable bonds is 2. The first kappa shape index (κ1) is 14.7. The van der Waals surface area contributed by atoms with Crippen molar-refractivity contribution in [1.29, 1.82) is 0 Å². The van der Waals surface area contributed by atoms with E-state index in [-0.39, 0.29) is 24.3 Å². The zero-order valence-corrected chi connectivity index (χ0v) is 13.6. The minimum absolute atomic E-state index is 0.0833. The molecule has 0 unspecified atom stereocenters. The Kier molecular flexibility index (Phi) is 7.82. The second-order valence-electron chi connectivity index (χ2n) is 2.29. The van der Waals surface area contributed by atoms with Gasteiger partial charge in [0.15, 0.2) is 0 Å². The molecule has 0 aliphatic carbocycles. The molecule has 2 N–H and O–H groups in total. The molecule has 0 aliphatic heterocycles. The van der Waals surface area contributed by atoms with Gasteiger partial charge in [-0.15, -0.1) is 0 Å². The number of benzene rings is 1. The molecule has 1 rings (SSSR count). The summed E-state index contributed by atoms with van der Waals surface area (Å²) in [6.07, 6.45) is 0. The Morgan fingerprint density at radius 2 is 1.13 bits per heavy atom. The van der Waals surface area contributed by atoms with Gasteiger partial charge in [-0.05, 0) is 24.3 Å². The van der Waals surface area contributed by atoms with Crippen molar-refractivity contribution in [2.24, 2.45) is 0 Å². The van der Waals surface area contributed by atoms with Crippen LogP contribution in [0.5, 0.6) is 0 Å². The molecule has 0 saturated heterocycles. The van der Waals surface area contributed by atoms with E-state index in [9.17, 15) is 9.59 Å². The maximum atomic E-state index is 10.3. The molecule has 1 aromatic rings. The molecular formula is C8H6Br2O4Zn. The summed E-state index contributed by atoms with van der Waals surface area (Å²) in [5, 5.41) is 16.9. The molecule has 0 spiro atoms. The number of carbonyl (C=O) groups is 2. The molecule has 15 heavy (non-hydrogen) atoms. The Labute approximate surface area is 107 Å². The van der Waals surface area contributed by atoms with Gasteiger partial charge in [0.2, 0.25) is 0 Å². The van der Waals surface area contributed by atoms with Crippen LogP contribution in [0.15, 0.2) is 24.3 Å². The van der Waals surface area contributed by atoms with E-state index in [0.717, 1.165) is 0 Å². The zero-order chi connectivity index (χ0) is 11.8. The Balaban J connectivity index is 0.000000583. The van der Waals surface area contributed by atoms with Crippen molar-refractivity contribution in [1.82, 2.24) is 0 Å². The Morgan fingerprint density at radius 3 is 1.27 bits per heavy atom. The molecule has 0 radical (unpaired) electrons. The zero-order valence-electron chi connectivity index (χ0n) is 7.48. The van der Waals surface area contributed by atoms with Crippen LogP contribution in [0.3, 0.4) is 0 Å². The van der Waals surface area contributed by atoms with Gasteiger partial charge in [0.25, 0.3) is 0 Å². The molecule has 7 heteroatoms. The van der Waals surface area contributed by atoms with Crippen molar-refractivity contribution in [3.05, 3.63) is 35.4 Å². The summed E-state index contributed by atoms with van der Waals surface area (Å²) < 4.78 is 0. The molecule has 0 heterocycles. The normalized spacial score (nSPS) is 8.13. The second-order valence-corrected chi connectivity index (χ2v) is 16.4. The molecule has 0 saturated carbocycles. The number of carboxylic acid groups (broad SMARTS) is 2. The first-order chi connectivity index (χ1) is 7.02. The van der Waals surface area contributed by atoms with Gasteiger partial charge in [0.05, 0.1) is 11.1 Å². The van der Waals surface area contributed by atoms with Crippen LogP contribution in [-0.4, -0.2) is 22.2 Å². The molecule has 0 fully saturated rings. The van der Waals surface area contributed by atoms with Crippen molar-refractivity contribution >= 4 is 39.2 Å². The van der Waals surface area contributed by atoms with Crippen LogP contribution in [-0.2, 0) is 13.2 Å². The predicted octanol–water partition coefficient (Wildman–Crippen LogP) is 2.77. The van der Waals surface area contributed by atoms with Gasteiger partial charge >= 0.3 is 52.4 Å². The van der Waals surface area contributed by atoms with E-state index in [4.69, 9.17) is 10.2 Å². The Bertz CT molecular complexity index is 306. The van der Waals surface area contributed by atoms with Crippen LogP contribution < -0.4 is 0 Å². The molecule has 0 bridgehead atoms. The van der Waals surface area contributed by atoms with E-state index >= 15 is 0 Å². The third-order valence-electron chi connectivity index (χ3n) is 1.38. The third-order valence-corrected chi connectivity index (χ3v) is 1.38. The summed E-state index contributed by atoms with van der Waals surface area (Å²) in [5.74, 6) is -2.13.